The largest absolute Gasteiger partial charge is 0.475 e. The lowest BCUT2D eigenvalue weighted by Gasteiger charge is -2.31. The Labute approximate surface area is 171 Å². The van der Waals surface area contributed by atoms with Gasteiger partial charge in [-0.05, 0) is 61.3 Å². The smallest absolute Gasteiger partial charge is 0.371 e. The van der Waals surface area contributed by atoms with Crippen LogP contribution in [0.5, 0.6) is 0 Å². The molecule has 3 unspecified atom stereocenters. The number of Topliss-reactive ketones (excluding diaryl/α,β-unsaturated/α-hetero) is 1. The first-order valence-corrected chi connectivity index (χ1v) is 10.2. The Morgan fingerprint density at radius 1 is 1.24 bits per heavy atom. The number of carbonyl (C=O) groups excluding carboxylic acids is 1. The van der Waals surface area contributed by atoms with E-state index in [9.17, 15) is 14.7 Å². The minimum absolute atomic E-state index is 0.0375. The summed E-state index contributed by atoms with van der Waals surface area (Å²) in [5.74, 6) is 0.0170. The van der Waals surface area contributed by atoms with Gasteiger partial charge in [0, 0.05) is 18.8 Å². The van der Waals surface area contributed by atoms with Crippen molar-refractivity contribution in [3.8, 4) is 0 Å². The second-order valence-corrected chi connectivity index (χ2v) is 7.77. The Balaban J connectivity index is 1.64. The molecule has 1 aliphatic carbocycles. The molecule has 3 rings (SSSR count). The van der Waals surface area contributed by atoms with Gasteiger partial charge in [0.1, 0.15) is 11.5 Å². The Hall–Kier alpha value is -2.66. The molecule has 0 saturated heterocycles. The van der Waals surface area contributed by atoms with Crippen molar-refractivity contribution in [2.24, 2.45) is 5.92 Å². The van der Waals surface area contributed by atoms with Gasteiger partial charge in [-0.1, -0.05) is 30.3 Å². The van der Waals surface area contributed by atoms with Crippen LogP contribution in [0.15, 0.2) is 53.5 Å². The first-order chi connectivity index (χ1) is 14.0. The highest BCUT2D eigenvalue weighted by Gasteiger charge is 2.32. The fourth-order valence-electron chi connectivity index (χ4n) is 4.28. The fraction of sp³-hybridized carbons (Fsp3) is 0.417. The number of benzene rings is 1. The molecule has 0 radical (unpaired) electrons. The molecule has 154 valence electrons. The van der Waals surface area contributed by atoms with Gasteiger partial charge < -0.3 is 14.6 Å². The molecule has 0 aliphatic heterocycles. The molecule has 29 heavy (non-hydrogen) atoms. The standard InChI is InChI=1S/C24H28O5/c1-2-5-20(25)16-10-12-18(13-11-16)23-17(7-4-9-21(23)26)6-3-8-19-14-15-22(29-19)24(27)28/h2,10-15,17,20,23,25H,1,3-9H2,(H,27,28). The van der Waals surface area contributed by atoms with Crippen LogP contribution in [0.2, 0.25) is 0 Å². The summed E-state index contributed by atoms with van der Waals surface area (Å²) in [6, 6.07) is 10.9. The maximum atomic E-state index is 12.7. The van der Waals surface area contributed by atoms with Crippen LogP contribution in [-0.4, -0.2) is 22.0 Å². The van der Waals surface area contributed by atoms with Crippen LogP contribution in [0.1, 0.15) is 78.0 Å². The second kappa shape index (κ2) is 9.70. The predicted octanol–water partition coefficient (Wildman–Crippen LogP) is 5.06. The van der Waals surface area contributed by atoms with Crippen LogP contribution in [0.4, 0.5) is 0 Å². The summed E-state index contributed by atoms with van der Waals surface area (Å²) < 4.78 is 5.33. The molecule has 1 aromatic heterocycles. The van der Waals surface area contributed by atoms with Crippen molar-refractivity contribution in [2.75, 3.05) is 0 Å². The van der Waals surface area contributed by atoms with E-state index in [0.29, 0.717) is 25.0 Å². The zero-order chi connectivity index (χ0) is 20.8. The zero-order valence-corrected chi connectivity index (χ0v) is 16.5. The minimum Gasteiger partial charge on any atom is -0.475 e. The number of aryl methyl sites for hydroxylation is 1. The average molecular weight is 396 g/mol. The number of furan rings is 1. The lowest BCUT2D eigenvalue weighted by Crippen LogP contribution is -2.26. The lowest BCUT2D eigenvalue weighted by molar-refractivity contribution is -0.123. The van der Waals surface area contributed by atoms with Crippen molar-refractivity contribution in [1.29, 1.82) is 0 Å². The number of aliphatic hydroxyl groups is 1. The molecule has 0 amide bonds. The van der Waals surface area contributed by atoms with E-state index < -0.39 is 12.1 Å². The first-order valence-electron chi connectivity index (χ1n) is 10.2. The topological polar surface area (TPSA) is 87.7 Å². The molecule has 1 aromatic carbocycles. The molecule has 5 nitrogen and oxygen atoms in total. The van der Waals surface area contributed by atoms with E-state index in [0.717, 1.165) is 36.8 Å². The quantitative estimate of drug-likeness (QED) is 0.578. The van der Waals surface area contributed by atoms with Gasteiger partial charge in [0.05, 0.1) is 6.10 Å². The molecular formula is C24H28O5. The Morgan fingerprint density at radius 3 is 2.66 bits per heavy atom. The van der Waals surface area contributed by atoms with Gasteiger partial charge >= 0.3 is 5.97 Å². The first kappa shape index (κ1) is 21.1. The normalized spacial score (nSPS) is 20.4. The van der Waals surface area contributed by atoms with Crippen molar-refractivity contribution in [1.82, 2.24) is 0 Å². The summed E-state index contributed by atoms with van der Waals surface area (Å²) in [6.45, 7) is 3.66. The molecule has 1 fully saturated rings. The highest BCUT2D eigenvalue weighted by molar-refractivity contribution is 5.86. The number of hydrogen-bond donors (Lipinski definition) is 2. The highest BCUT2D eigenvalue weighted by Crippen LogP contribution is 2.38. The summed E-state index contributed by atoms with van der Waals surface area (Å²) >= 11 is 0. The maximum absolute atomic E-state index is 12.7. The van der Waals surface area contributed by atoms with Crippen LogP contribution < -0.4 is 0 Å². The summed E-state index contributed by atoms with van der Waals surface area (Å²) in [4.78, 5) is 23.6. The third-order valence-electron chi connectivity index (χ3n) is 5.76. The second-order valence-electron chi connectivity index (χ2n) is 7.77. The number of aromatic carboxylic acids is 1. The number of carboxylic acid groups (broad SMARTS) is 1. The summed E-state index contributed by atoms with van der Waals surface area (Å²) in [5, 5.41) is 19.1. The molecule has 0 spiro atoms. The molecule has 2 aromatic rings. The van der Waals surface area contributed by atoms with Gasteiger partial charge in [-0.25, -0.2) is 4.79 Å². The lowest BCUT2D eigenvalue weighted by atomic mass is 9.72. The fourth-order valence-corrected chi connectivity index (χ4v) is 4.28. The van der Waals surface area contributed by atoms with Gasteiger partial charge in [-0.3, -0.25) is 4.79 Å². The van der Waals surface area contributed by atoms with Crippen LogP contribution in [0.25, 0.3) is 0 Å². The molecule has 1 heterocycles. The van der Waals surface area contributed by atoms with E-state index in [1.807, 2.05) is 24.3 Å². The number of aliphatic hydroxyl groups excluding tert-OH is 1. The van der Waals surface area contributed by atoms with Gasteiger partial charge in [0.15, 0.2) is 0 Å². The predicted molar refractivity (Wildman–Crippen MR) is 110 cm³/mol. The van der Waals surface area contributed by atoms with Gasteiger partial charge in [0.2, 0.25) is 5.76 Å². The molecule has 5 heteroatoms. The third kappa shape index (κ3) is 5.24. The molecule has 1 saturated carbocycles. The Kier molecular flexibility index (Phi) is 7.04. The number of hydrogen-bond acceptors (Lipinski definition) is 4. The van der Waals surface area contributed by atoms with E-state index in [4.69, 9.17) is 9.52 Å². The number of carboxylic acids is 1. The Bertz CT molecular complexity index is 848. The van der Waals surface area contributed by atoms with Crippen molar-refractivity contribution in [3.05, 3.63) is 71.7 Å². The minimum atomic E-state index is -1.06. The van der Waals surface area contributed by atoms with Crippen LogP contribution >= 0.6 is 0 Å². The number of ketones is 1. The zero-order valence-electron chi connectivity index (χ0n) is 16.5. The molecule has 0 bridgehead atoms. The maximum Gasteiger partial charge on any atom is 0.371 e. The van der Waals surface area contributed by atoms with Crippen molar-refractivity contribution >= 4 is 11.8 Å². The van der Waals surface area contributed by atoms with Gasteiger partial charge in [0.25, 0.3) is 0 Å². The van der Waals surface area contributed by atoms with Crippen molar-refractivity contribution in [2.45, 2.75) is 57.0 Å². The summed E-state index contributed by atoms with van der Waals surface area (Å²) in [5.41, 5.74) is 1.85. The van der Waals surface area contributed by atoms with E-state index in [-0.39, 0.29) is 23.4 Å². The van der Waals surface area contributed by atoms with E-state index in [1.54, 1.807) is 12.1 Å². The number of carbonyl (C=O) groups is 2. The van der Waals surface area contributed by atoms with E-state index in [1.165, 1.54) is 6.07 Å². The molecular weight excluding hydrogens is 368 g/mol. The van der Waals surface area contributed by atoms with Crippen LogP contribution in [-0.2, 0) is 11.2 Å². The molecule has 3 atom stereocenters. The highest BCUT2D eigenvalue weighted by atomic mass is 16.4. The van der Waals surface area contributed by atoms with Crippen LogP contribution in [0, 0.1) is 5.92 Å². The monoisotopic (exact) mass is 396 g/mol. The van der Waals surface area contributed by atoms with Gasteiger partial charge in [-0.2, -0.15) is 0 Å². The van der Waals surface area contributed by atoms with Crippen molar-refractivity contribution < 1.29 is 24.2 Å². The van der Waals surface area contributed by atoms with E-state index in [2.05, 4.69) is 6.58 Å². The SMILES string of the molecule is C=CCC(O)c1ccc(C2C(=O)CCCC2CCCc2ccc(C(=O)O)o2)cc1. The third-order valence-corrected chi connectivity index (χ3v) is 5.76. The number of rotatable bonds is 9. The van der Waals surface area contributed by atoms with Gasteiger partial charge in [-0.15, -0.1) is 6.58 Å². The Morgan fingerprint density at radius 2 is 2.00 bits per heavy atom. The molecule has 2 N–H and O–H groups in total. The average Bonchev–Trinajstić information content (AvgIpc) is 3.18. The summed E-state index contributed by atoms with van der Waals surface area (Å²) in [7, 11) is 0. The van der Waals surface area contributed by atoms with Crippen molar-refractivity contribution in [3.63, 3.8) is 0 Å². The summed E-state index contributed by atoms with van der Waals surface area (Å²) in [6.07, 6.45) is 6.56. The van der Waals surface area contributed by atoms with E-state index >= 15 is 0 Å². The van der Waals surface area contributed by atoms with Crippen LogP contribution in [0.3, 0.4) is 0 Å². The molecule has 1 aliphatic rings.